The molecule has 1 N–H and O–H groups in total. The van der Waals surface area contributed by atoms with Crippen LogP contribution in [0, 0.1) is 0 Å². The fourth-order valence-corrected chi connectivity index (χ4v) is 2.10. The molecule has 20 heavy (non-hydrogen) atoms. The van der Waals surface area contributed by atoms with Gasteiger partial charge in [0.1, 0.15) is 5.75 Å². The molecule has 0 spiro atoms. The first-order chi connectivity index (χ1) is 9.76. The van der Waals surface area contributed by atoms with Crippen LogP contribution in [0.15, 0.2) is 48.8 Å². The predicted molar refractivity (Wildman–Crippen MR) is 77.7 cm³/mol. The highest BCUT2D eigenvalue weighted by molar-refractivity contribution is 5.94. The Morgan fingerprint density at radius 1 is 1.25 bits per heavy atom. The Morgan fingerprint density at radius 2 is 1.95 bits per heavy atom. The normalized spacial score (nSPS) is 11.7. The van der Waals surface area contributed by atoms with E-state index in [0.29, 0.717) is 5.56 Å². The fourth-order valence-electron chi connectivity index (χ4n) is 2.10. The maximum Gasteiger partial charge on any atom is 0.251 e. The molecule has 1 aromatic heterocycles. The van der Waals surface area contributed by atoms with Crippen LogP contribution in [0.3, 0.4) is 0 Å². The van der Waals surface area contributed by atoms with E-state index in [0.717, 1.165) is 17.7 Å². The van der Waals surface area contributed by atoms with Crippen LogP contribution < -0.4 is 10.1 Å². The number of pyridine rings is 1. The topological polar surface area (TPSA) is 51.2 Å². The molecule has 0 aliphatic rings. The van der Waals surface area contributed by atoms with Crippen molar-refractivity contribution in [2.45, 2.75) is 19.4 Å². The molecule has 2 aromatic rings. The molecule has 1 atom stereocenters. The van der Waals surface area contributed by atoms with Gasteiger partial charge < -0.3 is 10.1 Å². The molecule has 0 saturated carbocycles. The summed E-state index contributed by atoms with van der Waals surface area (Å²) in [7, 11) is 1.64. The smallest absolute Gasteiger partial charge is 0.251 e. The van der Waals surface area contributed by atoms with Gasteiger partial charge in [-0.2, -0.15) is 0 Å². The standard InChI is InChI=1S/C16H18N2O2/c1-3-14(13-6-4-5-7-15(13)20-2)18-16(19)12-8-10-17-11-9-12/h4-11,14H,3H2,1-2H3,(H,18,19). The largest absolute Gasteiger partial charge is 0.496 e. The first-order valence-electron chi connectivity index (χ1n) is 6.60. The van der Waals surface area contributed by atoms with Crippen molar-refractivity contribution in [3.05, 3.63) is 59.9 Å². The summed E-state index contributed by atoms with van der Waals surface area (Å²) in [5, 5.41) is 3.03. The molecule has 0 fully saturated rings. The summed E-state index contributed by atoms with van der Waals surface area (Å²) in [5.41, 5.74) is 1.59. The number of nitrogens with zero attached hydrogens (tertiary/aromatic N) is 1. The van der Waals surface area contributed by atoms with E-state index < -0.39 is 0 Å². The highest BCUT2D eigenvalue weighted by Gasteiger charge is 2.17. The van der Waals surface area contributed by atoms with Gasteiger partial charge in [0.2, 0.25) is 0 Å². The van der Waals surface area contributed by atoms with Gasteiger partial charge in [-0.3, -0.25) is 9.78 Å². The minimum absolute atomic E-state index is 0.0770. The number of hydrogen-bond acceptors (Lipinski definition) is 3. The van der Waals surface area contributed by atoms with Crippen LogP contribution in [-0.4, -0.2) is 18.0 Å². The number of rotatable bonds is 5. The summed E-state index contributed by atoms with van der Waals surface area (Å²) in [6.45, 7) is 2.03. The molecule has 1 unspecified atom stereocenters. The molecular weight excluding hydrogens is 252 g/mol. The number of amides is 1. The van der Waals surface area contributed by atoms with Gasteiger partial charge in [0, 0.05) is 23.5 Å². The van der Waals surface area contributed by atoms with Gasteiger partial charge >= 0.3 is 0 Å². The van der Waals surface area contributed by atoms with Gasteiger partial charge in [-0.1, -0.05) is 25.1 Å². The van der Waals surface area contributed by atoms with Gasteiger partial charge in [0.15, 0.2) is 0 Å². The number of methoxy groups -OCH3 is 1. The first-order valence-corrected chi connectivity index (χ1v) is 6.60. The Kier molecular flexibility index (Phi) is 4.71. The number of carbonyl (C=O) groups is 1. The first kappa shape index (κ1) is 14.1. The number of ether oxygens (including phenoxy) is 1. The molecule has 104 valence electrons. The summed E-state index contributed by atoms with van der Waals surface area (Å²) in [6, 6.07) is 11.1. The molecule has 4 nitrogen and oxygen atoms in total. The van der Waals surface area contributed by atoms with E-state index >= 15 is 0 Å². The zero-order chi connectivity index (χ0) is 14.4. The van der Waals surface area contributed by atoms with Gasteiger partial charge in [-0.25, -0.2) is 0 Å². The molecule has 2 rings (SSSR count). The fraction of sp³-hybridized carbons (Fsp3) is 0.250. The van der Waals surface area contributed by atoms with Crippen LogP contribution in [0.1, 0.15) is 35.3 Å². The van der Waals surface area contributed by atoms with Crippen molar-refractivity contribution in [2.75, 3.05) is 7.11 Å². The molecule has 0 radical (unpaired) electrons. The molecule has 0 saturated heterocycles. The van der Waals surface area contributed by atoms with Crippen molar-refractivity contribution in [1.82, 2.24) is 10.3 Å². The van der Waals surface area contributed by atoms with E-state index in [1.54, 1.807) is 31.6 Å². The summed E-state index contributed by atoms with van der Waals surface area (Å²) in [4.78, 5) is 16.1. The van der Waals surface area contributed by atoms with Crippen LogP contribution >= 0.6 is 0 Å². The SMILES string of the molecule is CCC(NC(=O)c1ccncc1)c1ccccc1OC. The lowest BCUT2D eigenvalue weighted by molar-refractivity contribution is 0.0935. The van der Waals surface area contributed by atoms with Gasteiger partial charge in [0.25, 0.3) is 5.91 Å². The molecule has 0 aliphatic carbocycles. The minimum atomic E-state index is -0.106. The number of carbonyl (C=O) groups excluding carboxylic acids is 1. The highest BCUT2D eigenvalue weighted by atomic mass is 16.5. The summed E-state index contributed by atoms with van der Waals surface area (Å²) in [6.07, 6.45) is 4.01. The number of para-hydroxylation sites is 1. The molecule has 0 bridgehead atoms. The van der Waals surface area contributed by atoms with Crippen molar-refractivity contribution in [2.24, 2.45) is 0 Å². The van der Waals surface area contributed by atoms with Crippen molar-refractivity contribution < 1.29 is 9.53 Å². The van der Waals surface area contributed by atoms with E-state index in [9.17, 15) is 4.79 Å². The molecule has 1 aromatic carbocycles. The maximum absolute atomic E-state index is 12.2. The van der Waals surface area contributed by atoms with E-state index in [1.807, 2.05) is 31.2 Å². The van der Waals surface area contributed by atoms with Crippen LogP contribution in [0.2, 0.25) is 0 Å². The lowest BCUT2D eigenvalue weighted by Crippen LogP contribution is -2.28. The zero-order valence-electron chi connectivity index (χ0n) is 11.7. The number of aromatic nitrogens is 1. The zero-order valence-corrected chi connectivity index (χ0v) is 11.7. The van der Waals surface area contributed by atoms with Crippen molar-refractivity contribution >= 4 is 5.91 Å². The number of hydrogen-bond donors (Lipinski definition) is 1. The van der Waals surface area contributed by atoms with Crippen LogP contribution in [0.5, 0.6) is 5.75 Å². The Bertz CT molecular complexity index is 570. The molecule has 4 heteroatoms. The lowest BCUT2D eigenvalue weighted by Gasteiger charge is -2.19. The van der Waals surface area contributed by atoms with E-state index in [2.05, 4.69) is 10.3 Å². The number of benzene rings is 1. The Hall–Kier alpha value is -2.36. The molecular formula is C16H18N2O2. The Labute approximate surface area is 118 Å². The second kappa shape index (κ2) is 6.70. The second-order valence-electron chi connectivity index (χ2n) is 4.41. The third-order valence-electron chi connectivity index (χ3n) is 3.17. The molecule has 1 amide bonds. The highest BCUT2D eigenvalue weighted by Crippen LogP contribution is 2.26. The van der Waals surface area contributed by atoms with E-state index in [1.165, 1.54) is 0 Å². The average Bonchev–Trinajstić information content (AvgIpc) is 2.53. The second-order valence-corrected chi connectivity index (χ2v) is 4.41. The summed E-state index contributed by atoms with van der Waals surface area (Å²) >= 11 is 0. The molecule has 0 aliphatic heterocycles. The Morgan fingerprint density at radius 3 is 2.60 bits per heavy atom. The van der Waals surface area contributed by atoms with Crippen molar-refractivity contribution in [3.8, 4) is 5.75 Å². The monoisotopic (exact) mass is 270 g/mol. The summed E-state index contributed by atoms with van der Waals surface area (Å²) < 4.78 is 5.35. The van der Waals surface area contributed by atoms with E-state index in [4.69, 9.17) is 4.74 Å². The third kappa shape index (κ3) is 3.15. The van der Waals surface area contributed by atoms with Gasteiger partial charge in [0.05, 0.1) is 13.2 Å². The minimum Gasteiger partial charge on any atom is -0.496 e. The van der Waals surface area contributed by atoms with Crippen molar-refractivity contribution in [3.63, 3.8) is 0 Å². The van der Waals surface area contributed by atoms with Gasteiger partial charge in [-0.15, -0.1) is 0 Å². The van der Waals surface area contributed by atoms with Crippen LogP contribution in [-0.2, 0) is 0 Å². The summed E-state index contributed by atoms with van der Waals surface area (Å²) in [5.74, 6) is 0.680. The Balaban J connectivity index is 2.19. The number of nitrogens with one attached hydrogen (secondary N) is 1. The lowest BCUT2D eigenvalue weighted by atomic mass is 10.0. The van der Waals surface area contributed by atoms with Crippen LogP contribution in [0.25, 0.3) is 0 Å². The maximum atomic E-state index is 12.2. The van der Waals surface area contributed by atoms with Crippen LogP contribution in [0.4, 0.5) is 0 Å². The average molecular weight is 270 g/mol. The quantitative estimate of drug-likeness (QED) is 0.908. The van der Waals surface area contributed by atoms with E-state index in [-0.39, 0.29) is 11.9 Å². The third-order valence-corrected chi connectivity index (χ3v) is 3.17. The molecule has 1 heterocycles. The predicted octanol–water partition coefficient (Wildman–Crippen LogP) is 2.97. The van der Waals surface area contributed by atoms with Gasteiger partial charge in [-0.05, 0) is 24.6 Å². The van der Waals surface area contributed by atoms with Crippen molar-refractivity contribution in [1.29, 1.82) is 0 Å².